The molecule has 4 nitrogen and oxygen atoms in total. The quantitative estimate of drug-likeness (QED) is 0.465. The zero-order valence-corrected chi connectivity index (χ0v) is 20.9. The molecule has 31 heavy (non-hydrogen) atoms. The maximum atomic E-state index is 6.25. The van der Waals surface area contributed by atoms with Crippen molar-refractivity contribution in [2.75, 3.05) is 54.5 Å². The van der Waals surface area contributed by atoms with E-state index in [1.54, 1.807) is 0 Å². The van der Waals surface area contributed by atoms with Crippen LogP contribution in [0, 0.1) is 10.8 Å². The average Bonchev–Trinajstić information content (AvgIpc) is 2.65. The molecule has 0 aliphatic rings. The van der Waals surface area contributed by atoms with E-state index >= 15 is 0 Å². The third kappa shape index (κ3) is 9.32. The Bertz CT molecular complexity index is 795. The Morgan fingerprint density at radius 2 is 1.19 bits per heavy atom. The number of hydrogen-bond acceptors (Lipinski definition) is 4. The van der Waals surface area contributed by atoms with Crippen LogP contribution in [0.1, 0.15) is 38.8 Å². The molecule has 0 aromatic heterocycles. The molecule has 0 saturated carbocycles. The predicted octanol–water partition coefficient (Wildman–Crippen LogP) is 5.21. The minimum atomic E-state index is 0.0932. The lowest BCUT2D eigenvalue weighted by atomic mass is 9.94. The molecule has 0 aliphatic heterocycles. The fraction of sp³-hybridized carbons (Fsp3) is 0.556. The highest BCUT2D eigenvalue weighted by atomic mass is 16.5. The van der Waals surface area contributed by atoms with Crippen molar-refractivity contribution in [1.82, 2.24) is 9.80 Å². The van der Waals surface area contributed by atoms with Crippen molar-refractivity contribution in [2.45, 2.75) is 34.1 Å². The predicted molar refractivity (Wildman–Crippen MR) is 131 cm³/mol. The van der Waals surface area contributed by atoms with Gasteiger partial charge in [-0.2, -0.15) is 0 Å². The molecule has 0 fully saturated rings. The highest BCUT2D eigenvalue weighted by Gasteiger charge is 2.21. The summed E-state index contributed by atoms with van der Waals surface area (Å²) in [5.74, 6) is 1.89. The van der Waals surface area contributed by atoms with Gasteiger partial charge in [0.05, 0.1) is 13.2 Å². The van der Waals surface area contributed by atoms with Gasteiger partial charge in [0.15, 0.2) is 0 Å². The average molecular weight is 427 g/mol. The number of rotatable bonds is 12. The second-order valence-corrected chi connectivity index (χ2v) is 10.8. The van der Waals surface area contributed by atoms with Gasteiger partial charge in [0.25, 0.3) is 0 Å². The van der Waals surface area contributed by atoms with E-state index < -0.39 is 0 Å². The van der Waals surface area contributed by atoms with Gasteiger partial charge in [-0.3, -0.25) is 0 Å². The molecule has 172 valence electrons. The van der Waals surface area contributed by atoms with E-state index in [2.05, 4.69) is 108 Å². The van der Waals surface area contributed by atoms with E-state index in [1.165, 1.54) is 11.1 Å². The maximum Gasteiger partial charge on any atom is 0.122 e. The standard InChI is InChI=1S/C27H42N2O2/c1-26(2,18-28(5)6)20-30-24-15-13-22(14-16-24)17-23-11-9-10-12-25(23)31-21-27(3,4)19-29(7)8/h9-16H,17-21H2,1-8H3. The third-order valence-corrected chi connectivity index (χ3v) is 5.03. The normalized spacial score (nSPS) is 12.5. The molecule has 0 amide bonds. The second-order valence-electron chi connectivity index (χ2n) is 10.8. The molecule has 2 rings (SSSR count). The second kappa shape index (κ2) is 11.0. The van der Waals surface area contributed by atoms with Crippen molar-refractivity contribution in [3.63, 3.8) is 0 Å². The van der Waals surface area contributed by atoms with E-state index in [0.29, 0.717) is 13.2 Å². The van der Waals surface area contributed by atoms with Crippen molar-refractivity contribution < 1.29 is 9.47 Å². The van der Waals surface area contributed by atoms with Crippen molar-refractivity contribution in [3.05, 3.63) is 59.7 Å². The van der Waals surface area contributed by atoms with Gasteiger partial charge in [-0.25, -0.2) is 0 Å². The summed E-state index contributed by atoms with van der Waals surface area (Å²) in [5, 5.41) is 0. The number of para-hydroxylation sites is 1. The molecule has 0 aliphatic carbocycles. The lowest BCUT2D eigenvalue weighted by Gasteiger charge is -2.28. The molecular weight excluding hydrogens is 384 g/mol. The summed E-state index contributed by atoms with van der Waals surface area (Å²) < 4.78 is 12.3. The zero-order chi connectivity index (χ0) is 23.1. The van der Waals surface area contributed by atoms with E-state index in [0.717, 1.165) is 31.0 Å². The first-order valence-electron chi connectivity index (χ1n) is 11.2. The van der Waals surface area contributed by atoms with Crippen molar-refractivity contribution in [3.8, 4) is 11.5 Å². The van der Waals surface area contributed by atoms with Gasteiger partial charge in [0.1, 0.15) is 11.5 Å². The fourth-order valence-electron chi connectivity index (χ4n) is 4.07. The van der Waals surface area contributed by atoms with Crippen LogP contribution in [-0.2, 0) is 6.42 Å². The summed E-state index contributed by atoms with van der Waals surface area (Å²) in [5.41, 5.74) is 2.67. The lowest BCUT2D eigenvalue weighted by molar-refractivity contribution is 0.140. The minimum Gasteiger partial charge on any atom is -0.493 e. The van der Waals surface area contributed by atoms with Crippen LogP contribution in [0.3, 0.4) is 0 Å². The van der Waals surface area contributed by atoms with Crippen LogP contribution in [0.25, 0.3) is 0 Å². The first kappa shape index (κ1) is 25.2. The maximum absolute atomic E-state index is 6.25. The lowest BCUT2D eigenvalue weighted by Crippen LogP contribution is -2.33. The highest BCUT2D eigenvalue weighted by molar-refractivity contribution is 5.39. The van der Waals surface area contributed by atoms with Crippen LogP contribution in [0.5, 0.6) is 11.5 Å². The van der Waals surface area contributed by atoms with Crippen molar-refractivity contribution >= 4 is 0 Å². The molecule has 0 radical (unpaired) electrons. The van der Waals surface area contributed by atoms with Crippen LogP contribution in [0.4, 0.5) is 0 Å². The monoisotopic (exact) mass is 426 g/mol. The van der Waals surface area contributed by atoms with E-state index in [1.807, 2.05) is 6.07 Å². The van der Waals surface area contributed by atoms with E-state index in [-0.39, 0.29) is 10.8 Å². The summed E-state index contributed by atoms with van der Waals surface area (Å²) in [6.45, 7) is 12.3. The van der Waals surface area contributed by atoms with E-state index in [9.17, 15) is 0 Å². The number of benzene rings is 2. The first-order valence-corrected chi connectivity index (χ1v) is 11.2. The minimum absolute atomic E-state index is 0.0932. The molecule has 0 heterocycles. The number of nitrogens with zero attached hydrogens (tertiary/aromatic N) is 2. The van der Waals surface area contributed by atoms with Gasteiger partial charge in [-0.1, -0.05) is 58.0 Å². The largest absolute Gasteiger partial charge is 0.493 e. The summed E-state index contributed by atoms with van der Waals surface area (Å²) in [7, 11) is 8.40. The van der Waals surface area contributed by atoms with Gasteiger partial charge < -0.3 is 19.3 Å². The molecule has 0 saturated heterocycles. The molecule has 0 atom stereocenters. The Morgan fingerprint density at radius 1 is 0.677 bits per heavy atom. The Kier molecular flexibility index (Phi) is 8.96. The summed E-state index contributed by atoms with van der Waals surface area (Å²) >= 11 is 0. The Labute approximate surface area is 190 Å². The van der Waals surface area contributed by atoms with Gasteiger partial charge in [0, 0.05) is 30.3 Å². The van der Waals surface area contributed by atoms with Gasteiger partial charge >= 0.3 is 0 Å². The van der Waals surface area contributed by atoms with E-state index in [4.69, 9.17) is 9.47 Å². The van der Waals surface area contributed by atoms with Crippen LogP contribution in [-0.4, -0.2) is 64.3 Å². The third-order valence-electron chi connectivity index (χ3n) is 5.03. The van der Waals surface area contributed by atoms with Crippen LogP contribution < -0.4 is 9.47 Å². The summed E-state index contributed by atoms with van der Waals surface area (Å²) in [6.07, 6.45) is 0.844. The number of hydrogen-bond donors (Lipinski definition) is 0. The molecule has 2 aromatic rings. The molecule has 0 N–H and O–H groups in total. The molecule has 2 aromatic carbocycles. The fourth-order valence-corrected chi connectivity index (χ4v) is 4.07. The molecule has 4 heteroatoms. The zero-order valence-electron chi connectivity index (χ0n) is 20.9. The highest BCUT2D eigenvalue weighted by Crippen LogP contribution is 2.26. The van der Waals surface area contributed by atoms with Crippen molar-refractivity contribution in [1.29, 1.82) is 0 Å². The molecular formula is C27H42N2O2. The molecule has 0 spiro atoms. The van der Waals surface area contributed by atoms with Crippen LogP contribution >= 0.6 is 0 Å². The van der Waals surface area contributed by atoms with Gasteiger partial charge in [0.2, 0.25) is 0 Å². The summed E-state index contributed by atoms with van der Waals surface area (Å²) in [4.78, 5) is 4.41. The Balaban J connectivity index is 1.97. The number of ether oxygens (including phenoxy) is 2. The smallest absolute Gasteiger partial charge is 0.122 e. The Morgan fingerprint density at radius 3 is 1.74 bits per heavy atom. The topological polar surface area (TPSA) is 24.9 Å². The SMILES string of the molecule is CN(C)CC(C)(C)COc1ccc(Cc2ccccc2OCC(C)(C)CN(C)C)cc1. The first-order chi connectivity index (χ1) is 14.5. The van der Waals surface area contributed by atoms with Crippen LogP contribution in [0.15, 0.2) is 48.5 Å². The Hall–Kier alpha value is -2.04. The van der Waals surface area contributed by atoms with Crippen molar-refractivity contribution in [2.24, 2.45) is 10.8 Å². The summed E-state index contributed by atoms with van der Waals surface area (Å²) in [6, 6.07) is 16.8. The molecule has 0 bridgehead atoms. The van der Waals surface area contributed by atoms with Crippen LogP contribution in [0.2, 0.25) is 0 Å². The molecule has 0 unspecified atom stereocenters. The van der Waals surface area contributed by atoms with Gasteiger partial charge in [-0.15, -0.1) is 0 Å². The van der Waals surface area contributed by atoms with Gasteiger partial charge in [-0.05, 0) is 57.5 Å².